The predicted octanol–water partition coefficient (Wildman–Crippen LogP) is 1.47. The minimum Gasteiger partial charge on any atom is -0.390 e. The molecule has 0 aromatic rings. The van der Waals surface area contributed by atoms with Gasteiger partial charge in [-0.2, -0.15) is 0 Å². The molecule has 0 amide bonds. The van der Waals surface area contributed by atoms with Gasteiger partial charge in [0.25, 0.3) is 0 Å². The average Bonchev–Trinajstić information content (AvgIpc) is 2.26. The molecule has 0 bridgehead atoms. The monoisotopic (exact) mass is 307 g/mol. The first-order chi connectivity index (χ1) is 9.05. The van der Waals surface area contributed by atoms with Gasteiger partial charge in [0.05, 0.1) is 18.5 Å². The molecule has 120 valence electrons. The van der Waals surface area contributed by atoms with Crippen molar-refractivity contribution < 1.29 is 18.3 Å². The predicted molar refractivity (Wildman–Crippen MR) is 80.0 cm³/mol. The van der Waals surface area contributed by atoms with Gasteiger partial charge in [0.1, 0.15) is 0 Å². The third kappa shape index (κ3) is 4.98. The van der Waals surface area contributed by atoms with Gasteiger partial charge in [-0.25, -0.2) is 12.7 Å². The van der Waals surface area contributed by atoms with Crippen LogP contribution in [0, 0.1) is 11.3 Å². The van der Waals surface area contributed by atoms with Gasteiger partial charge in [-0.05, 0) is 30.6 Å². The number of hydrogen-bond donors (Lipinski definition) is 1. The van der Waals surface area contributed by atoms with E-state index in [0.717, 1.165) is 12.8 Å². The Morgan fingerprint density at radius 3 is 2.45 bits per heavy atom. The molecule has 1 heterocycles. The summed E-state index contributed by atoms with van der Waals surface area (Å²) in [5, 5.41) is 10.4. The highest BCUT2D eigenvalue weighted by molar-refractivity contribution is 7.88. The third-order valence-corrected chi connectivity index (χ3v) is 5.25. The highest BCUT2D eigenvalue weighted by Gasteiger charge is 2.34. The third-order valence-electron chi connectivity index (χ3n) is 3.98. The Bertz CT molecular complexity index is 402. The quantitative estimate of drug-likeness (QED) is 0.835. The number of hydrogen-bond acceptors (Lipinski definition) is 4. The molecule has 0 spiro atoms. The second-order valence-electron chi connectivity index (χ2n) is 6.95. The van der Waals surface area contributed by atoms with Gasteiger partial charge in [0.2, 0.25) is 10.0 Å². The molecule has 1 rings (SSSR count). The molecule has 0 aromatic carbocycles. The topological polar surface area (TPSA) is 66.8 Å². The van der Waals surface area contributed by atoms with Crippen molar-refractivity contribution in [2.75, 3.05) is 26.5 Å². The molecule has 1 aliphatic rings. The van der Waals surface area contributed by atoms with E-state index in [1.165, 1.54) is 10.6 Å². The van der Waals surface area contributed by atoms with E-state index in [1.54, 1.807) is 7.11 Å². The lowest BCUT2D eigenvalue weighted by atomic mass is 9.81. The average molecular weight is 307 g/mol. The number of nitrogens with zero attached hydrogens (tertiary/aromatic N) is 1. The number of ether oxygens (including phenoxy) is 1. The van der Waals surface area contributed by atoms with Gasteiger partial charge >= 0.3 is 0 Å². The normalized spacial score (nSPS) is 25.4. The van der Waals surface area contributed by atoms with E-state index in [2.05, 4.69) is 0 Å². The van der Waals surface area contributed by atoms with Crippen LogP contribution in [-0.2, 0) is 14.8 Å². The summed E-state index contributed by atoms with van der Waals surface area (Å²) in [4.78, 5) is 0. The minimum atomic E-state index is -3.13. The number of aliphatic hydroxyl groups excluding tert-OH is 1. The van der Waals surface area contributed by atoms with Crippen LogP contribution in [0.2, 0.25) is 0 Å². The summed E-state index contributed by atoms with van der Waals surface area (Å²) in [6.07, 6.45) is 2.85. The van der Waals surface area contributed by atoms with Crippen molar-refractivity contribution in [1.82, 2.24) is 4.31 Å². The van der Waals surface area contributed by atoms with Gasteiger partial charge in [0, 0.05) is 20.2 Å². The molecular formula is C14H29NO4S. The van der Waals surface area contributed by atoms with Crippen molar-refractivity contribution in [3.63, 3.8) is 0 Å². The molecule has 1 fully saturated rings. The summed E-state index contributed by atoms with van der Waals surface area (Å²) in [6.45, 7) is 7.21. The summed E-state index contributed by atoms with van der Waals surface area (Å²) in [5.41, 5.74) is -0.140. The van der Waals surface area contributed by atoms with Crippen LogP contribution < -0.4 is 0 Å². The lowest BCUT2D eigenvalue weighted by Crippen LogP contribution is -2.44. The molecule has 20 heavy (non-hydrogen) atoms. The maximum Gasteiger partial charge on any atom is 0.211 e. The number of sulfonamides is 1. The molecule has 3 unspecified atom stereocenters. The van der Waals surface area contributed by atoms with Crippen LogP contribution in [0.25, 0.3) is 0 Å². The van der Waals surface area contributed by atoms with Gasteiger partial charge in [-0.1, -0.05) is 20.8 Å². The molecule has 0 aliphatic carbocycles. The second kappa shape index (κ2) is 6.73. The minimum absolute atomic E-state index is 0.140. The Morgan fingerprint density at radius 1 is 1.40 bits per heavy atom. The van der Waals surface area contributed by atoms with Crippen molar-refractivity contribution in [3.05, 3.63) is 0 Å². The largest absolute Gasteiger partial charge is 0.390 e. The van der Waals surface area contributed by atoms with E-state index in [1.807, 2.05) is 20.8 Å². The van der Waals surface area contributed by atoms with E-state index >= 15 is 0 Å². The molecule has 6 heteroatoms. The maximum atomic E-state index is 11.6. The molecule has 1 aliphatic heterocycles. The van der Waals surface area contributed by atoms with E-state index in [-0.39, 0.29) is 17.4 Å². The summed E-state index contributed by atoms with van der Waals surface area (Å²) in [6, 6.07) is 0. The maximum absolute atomic E-state index is 11.6. The summed E-state index contributed by atoms with van der Waals surface area (Å²) >= 11 is 0. The van der Waals surface area contributed by atoms with Crippen LogP contribution in [0.1, 0.15) is 40.0 Å². The highest BCUT2D eigenvalue weighted by Crippen LogP contribution is 2.30. The highest BCUT2D eigenvalue weighted by atomic mass is 32.2. The van der Waals surface area contributed by atoms with Crippen molar-refractivity contribution in [3.8, 4) is 0 Å². The number of rotatable bonds is 5. The summed E-state index contributed by atoms with van der Waals surface area (Å²) in [7, 11) is -1.51. The van der Waals surface area contributed by atoms with Gasteiger partial charge in [-0.15, -0.1) is 0 Å². The van der Waals surface area contributed by atoms with Crippen molar-refractivity contribution in [2.45, 2.75) is 52.2 Å². The Labute approximate surface area is 123 Å². The summed E-state index contributed by atoms with van der Waals surface area (Å²) in [5.74, 6) is 0.202. The fourth-order valence-electron chi connectivity index (χ4n) is 3.07. The van der Waals surface area contributed by atoms with Gasteiger partial charge in [0.15, 0.2) is 0 Å². The van der Waals surface area contributed by atoms with E-state index in [4.69, 9.17) is 4.74 Å². The smallest absolute Gasteiger partial charge is 0.211 e. The van der Waals surface area contributed by atoms with Crippen LogP contribution in [0.15, 0.2) is 0 Å². The zero-order chi connectivity index (χ0) is 15.6. The molecule has 1 saturated heterocycles. The molecule has 3 atom stereocenters. The molecule has 1 N–H and O–H groups in total. The Morgan fingerprint density at radius 2 is 2.00 bits per heavy atom. The molecule has 0 radical (unpaired) electrons. The molecule has 0 aromatic heterocycles. The van der Waals surface area contributed by atoms with Crippen LogP contribution in [0.5, 0.6) is 0 Å². The fourth-order valence-corrected chi connectivity index (χ4v) is 4.02. The first-order valence-corrected chi connectivity index (χ1v) is 9.06. The van der Waals surface area contributed by atoms with Gasteiger partial charge in [-0.3, -0.25) is 0 Å². The SMILES string of the molecule is COC(C(O)CC1CCCN(S(C)(=O)=O)C1)C(C)(C)C. The zero-order valence-electron chi connectivity index (χ0n) is 13.3. The Hall–Kier alpha value is -0.170. The number of aliphatic hydroxyl groups is 1. The van der Waals surface area contributed by atoms with Crippen molar-refractivity contribution >= 4 is 10.0 Å². The zero-order valence-corrected chi connectivity index (χ0v) is 14.1. The van der Waals surface area contributed by atoms with Crippen LogP contribution >= 0.6 is 0 Å². The molecular weight excluding hydrogens is 278 g/mol. The van der Waals surface area contributed by atoms with E-state index < -0.39 is 16.1 Å². The number of methoxy groups -OCH3 is 1. The van der Waals surface area contributed by atoms with Crippen molar-refractivity contribution in [2.24, 2.45) is 11.3 Å². The van der Waals surface area contributed by atoms with Crippen LogP contribution in [0.3, 0.4) is 0 Å². The van der Waals surface area contributed by atoms with E-state index in [0.29, 0.717) is 19.5 Å². The second-order valence-corrected chi connectivity index (χ2v) is 8.94. The van der Waals surface area contributed by atoms with Gasteiger partial charge < -0.3 is 9.84 Å². The first kappa shape index (κ1) is 17.9. The lowest BCUT2D eigenvalue weighted by molar-refractivity contribution is -0.0799. The first-order valence-electron chi connectivity index (χ1n) is 7.21. The van der Waals surface area contributed by atoms with Crippen LogP contribution in [0.4, 0.5) is 0 Å². The number of piperidine rings is 1. The standard InChI is InChI=1S/C14H29NO4S/c1-14(2,3)13(19-4)12(16)9-11-7-6-8-15(10-11)20(5,17)18/h11-13,16H,6-10H2,1-5H3. The van der Waals surface area contributed by atoms with E-state index in [9.17, 15) is 13.5 Å². The Balaban J connectivity index is 2.64. The fraction of sp³-hybridized carbons (Fsp3) is 1.00. The lowest BCUT2D eigenvalue weighted by Gasteiger charge is -2.37. The van der Waals surface area contributed by atoms with Crippen molar-refractivity contribution in [1.29, 1.82) is 0 Å². The summed E-state index contributed by atoms with van der Waals surface area (Å²) < 4.78 is 30.2. The van der Waals surface area contributed by atoms with Crippen LogP contribution in [-0.4, -0.2) is 56.5 Å². The Kier molecular flexibility index (Phi) is 6.01. The molecule has 0 saturated carbocycles. The molecule has 5 nitrogen and oxygen atoms in total.